The van der Waals surface area contributed by atoms with Crippen molar-refractivity contribution in [3.63, 3.8) is 0 Å². The molecule has 18 heavy (non-hydrogen) atoms. The zero-order valence-corrected chi connectivity index (χ0v) is 10.8. The van der Waals surface area contributed by atoms with Crippen molar-refractivity contribution in [3.05, 3.63) is 57.8 Å². The molecule has 0 bridgehead atoms. The van der Waals surface area contributed by atoms with E-state index in [9.17, 15) is 13.2 Å². The van der Waals surface area contributed by atoms with Gasteiger partial charge >= 0.3 is 6.18 Å². The highest BCUT2D eigenvalue weighted by molar-refractivity contribution is 7.08. The Hall–Kier alpha value is -1.04. The van der Waals surface area contributed by atoms with Crippen molar-refractivity contribution in [2.75, 3.05) is 0 Å². The summed E-state index contributed by atoms with van der Waals surface area (Å²) in [5.41, 5.74) is 6.01. The Morgan fingerprint density at radius 2 is 1.78 bits per heavy atom. The third-order valence-electron chi connectivity index (χ3n) is 2.50. The lowest BCUT2D eigenvalue weighted by atomic mass is 9.97. The second kappa shape index (κ2) is 5.73. The molecule has 2 rings (SSSR count). The van der Waals surface area contributed by atoms with Crippen molar-refractivity contribution < 1.29 is 13.2 Å². The number of rotatable bonds is 2. The van der Waals surface area contributed by atoms with Gasteiger partial charge in [0, 0.05) is 0 Å². The number of thiophene rings is 1. The van der Waals surface area contributed by atoms with Gasteiger partial charge in [0.25, 0.3) is 0 Å². The van der Waals surface area contributed by atoms with Gasteiger partial charge in [-0.15, -0.1) is 12.4 Å². The molecule has 0 saturated heterocycles. The van der Waals surface area contributed by atoms with Crippen molar-refractivity contribution in [2.24, 2.45) is 5.73 Å². The first kappa shape index (κ1) is 15.0. The van der Waals surface area contributed by atoms with Crippen LogP contribution in [0.4, 0.5) is 13.2 Å². The molecular weight excluding hydrogens is 283 g/mol. The summed E-state index contributed by atoms with van der Waals surface area (Å²) in [5.74, 6) is 0. The summed E-state index contributed by atoms with van der Waals surface area (Å²) in [4.78, 5) is 0. The normalized spacial score (nSPS) is 12.9. The van der Waals surface area contributed by atoms with E-state index in [1.165, 1.54) is 23.5 Å². The molecule has 2 aromatic rings. The molecule has 0 unspecified atom stereocenters. The largest absolute Gasteiger partial charge is 0.416 e. The van der Waals surface area contributed by atoms with Crippen molar-refractivity contribution in [1.82, 2.24) is 0 Å². The molecule has 0 fully saturated rings. The van der Waals surface area contributed by atoms with Crippen LogP contribution in [0.5, 0.6) is 0 Å². The number of halogens is 4. The maximum absolute atomic E-state index is 12.8. The van der Waals surface area contributed by atoms with E-state index in [0.717, 1.165) is 6.07 Å². The molecule has 0 spiro atoms. The molecule has 1 nitrogen and oxygen atoms in total. The second-order valence-electron chi connectivity index (χ2n) is 3.62. The molecule has 0 aliphatic carbocycles. The van der Waals surface area contributed by atoms with Crippen molar-refractivity contribution in [3.8, 4) is 0 Å². The summed E-state index contributed by atoms with van der Waals surface area (Å²) in [6, 6.07) is 6.41. The Labute approximate surface area is 113 Å². The predicted molar refractivity (Wildman–Crippen MR) is 69.0 cm³/mol. The van der Waals surface area contributed by atoms with E-state index >= 15 is 0 Å². The molecule has 0 aliphatic rings. The summed E-state index contributed by atoms with van der Waals surface area (Å²) in [7, 11) is 0. The summed E-state index contributed by atoms with van der Waals surface area (Å²) < 4.78 is 38.4. The lowest BCUT2D eigenvalue weighted by Crippen LogP contribution is -2.17. The number of alkyl halides is 3. The summed E-state index contributed by atoms with van der Waals surface area (Å²) in [5, 5.41) is 3.56. The highest BCUT2D eigenvalue weighted by Crippen LogP contribution is 2.35. The fourth-order valence-corrected chi connectivity index (χ4v) is 2.35. The molecule has 0 aliphatic heterocycles. The Morgan fingerprint density at radius 3 is 2.33 bits per heavy atom. The fourth-order valence-electron chi connectivity index (χ4n) is 1.66. The first-order valence-corrected chi connectivity index (χ1v) is 5.88. The number of nitrogens with two attached hydrogens (primary N) is 1. The van der Waals surface area contributed by atoms with Crippen LogP contribution in [0.3, 0.4) is 0 Å². The van der Waals surface area contributed by atoms with Crippen LogP contribution in [0.25, 0.3) is 0 Å². The number of benzene rings is 1. The van der Waals surface area contributed by atoms with Crippen LogP contribution < -0.4 is 5.73 Å². The van der Waals surface area contributed by atoms with Crippen LogP contribution in [0, 0.1) is 0 Å². The lowest BCUT2D eigenvalue weighted by molar-refractivity contribution is -0.138. The van der Waals surface area contributed by atoms with Crippen LogP contribution >= 0.6 is 23.7 Å². The molecule has 1 aromatic heterocycles. The Kier molecular flexibility index (Phi) is 4.78. The van der Waals surface area contributed by atoms with Gasteiger partial charge in [-0.3, -0.25) is 0 Å². The maximum Gasteiger partial charge on any atom is 0.416 e. The Bertz CT molecular complexity index is 496. The first-order chi connectivity index (χ1) is 8.00. The van der Waals surface area contributed by atoms with Crippen LogP contribution in [-0.2, 0) is 6.18 Å². The van der Waals surface area contributed by atoms with Gasteiger partial charge in [-0.25, -0.2) is 0 Å². The smallest absolute Gasteiger partial charge is 0.320 e. The lowest BCUT2D eigenvalue weighted by Gasteiger charge is -2.17. The second-order valence-corrected chi connectivity index (χ2v) is 4.40. The minimum Gasteiger partial charge on any atom is -0.320 e. The van der Waals surface area contributed by atoms with Crippen molar-refractivity contribution in [2.45, 2.75) is 12.2 Å². The highest BCUT2D eigenvalue weighted by atomic mass is 35.5. The minimum atomic E-state index is -4.37. The van der Waals surface area contributed by atoms with Crippen LogP contribution in [0.15, 0.2) is 41.1 Å². The highest BCUT2D eigenvalue weighted by Gasteiger charge is 2.34. The minimum absolute atomic E-state index is 0. The molecule has 1 heterocycles. The topological polar surface area (TPSA) is 26.0 Å². The van der Waals surface area contributed by atoms with E-state index in [1.807, 2.05) is 0 Å². The average molecular weight is 294 g/mol. The van der Waals surface area contributed by atoms with Gasteiger partial charge < -0.3 is 5.73 Å². The van der Waals surface area contributed by atoms with Crippen molar-refractivity contribution >= 4 is 23.7 Å². The standard InChI is InChI=1S/C12H10F3NS.ClH/c13-12(14,15)10-4-2-1-3-9(10)11(16)8-5-6-17-7-8;/h1-7,11H,16H2;1H/t11-;/m0./s1. The van der Waals surface area contributed by atoms with Gasteiger partial charge in [0.1, 0.15) is 0 Å². The zero-order valence-electron chi connectivity index (χ0n) is 9.15. The van der Waals surface area contributed by atoms with Gasteiger partial charge in [0.2, 0.25) is 0 Å². The van der Waals surface area contributed by atoms with Crippen LogP contribution in [0.1, 0.15) is 22.7 Å². The zero-order chi connectivity index (χ0) is 12.5. The third kappa shape index (κ3) is 3.04. The van der Waals surface area contributed by atoms with E-state index < -0.39 is 17.8 Å². The fraction of sp³-hybridized carbons (Fsp3) is 0.167. The SMILES string of the molecule is Cl.N[C@@H](c1ccsc1)c1ccccc1C(F)(F)F. The summed E-state index contributed by atoms with van der Waals surface area (Å²) in [6.07, 6.45) is -4.37. The van der Waals surface area contributed by atoms with Gasteiger partial charge in [-0.05, 0) is 34.0 Å². The van der Waals surface area contributed by atoms with E-state index in [1.54, 1.807) is 22.9 Å². The van der Waals surface area contributed by atoms with Gasteiger partial charge in [0.15, 0.2) is 0 Å². The molecule has 0 saturated carbocycles. The molecule has 98 valence electrons. The van der Waals surface area contributed by atoms with Gasteiger partial charge in [0.05, 0.1) is 11.6 Å². The predicted octanol–water partition coefficient (Wildman–Crippen LogP) is 4.24. The quantitative estimate of drug-likeness (QED) is 0.881. The molecule has 0 radical (unpaired) electrons. The Balaban J connectivity index is 0.00000162. The van der Waals surface area contributed by atoms with Gasteiger partial charge in [-0.1, -0.05) is 18.2 Å². The van der Waals surface area contributed by atoms with E-state index in [2.05, 4.69) is 0 Å². The van der Waals surface area contributed by atoms with Crippen LogP contribution in [0.2, 0.25) is 0 Å². The molecule has 0 amide bonds. The van der Waals surface area contributed by atoms with E-state index in [4.69, 9.17) is 5.73 Å². The van der Waals surface area contributed by atoms with Crippen LogP contribution in [-0.4, -0.2) is 0 Å². The summed E-state index contributed by atoms with van der Waals surface area (Å²) in [6.45, 7) is 0. The molecule has 1 atom stereocenters. The number of hydrogen-bond acceptors (Lipinski definition) is 2. The van der Waals surface area contributed by atoms with Gasteiger partial charge in [-0.2, -0.15) is 24.5 Å². The molecular formula is C12H11ClF3NS. The van der Waals surface area contributed by atoms with E-state index in [0.29, 0.717) is 5.56 Å². The Morgan fingerprint density at radius 1 is 1.11 bits per heavy atom. The van der Waals surface area contributed by atoms with E-state index in [-0.39, 0.29) is 18.0 Å². The van der Waals surface area contributed by atoms with Crippen molar-refractivity contribution in [1.29, 1.82) is 0 Å². The monoisotopic (exact) mass is 293 g/mol. The maximum atomic E-state index is 12.8. The molecule has 2 N–H and O–H groups in total. The first-order valence-electron chi connectivity index (χ1n) is 4.94. The third-order valence-corrected chi connectivity index (χ3v) is 3.21. The summed E-state index contributed by atoms with van der Waals surface area (Å²) >= 11 is 1.41. The molecule has 6 heteroatoms. The average Bonchev–Trinajstić information content (AvgIpc) is 2.80. The number of hydrogen-bond donors (Lipinski definition) is 1. The molecule has 1 aromatic carbocycles.